The van der Waals surface area contributed by atoms with E-state index in [-0.39, 0.29) is 5.82 Å². The predicted octanol–water partition coefficient (Wildman–Crippen LogP) is 4.70. The molecule has 0 bridgehead atoms. The fourth-order valence-corrected chi connectivity index (χ4v) is 3.79. The van der Waals surface area contributed by atoms with Gasteiger partial charge in [-0.25, -0.2) is 4.39 Å². The summed E-state index contributed by atoms with van der Waals surface area (Å²) < 4.78 is 30.7. The van der Waals surface area contributed by atoms with E-state index in [1.807, 2.05) is 24.3 Å². The van der Waals surface area contributed by atoms with Gasteiger partial charge in [0.25, 0.3) is 0 Å². The van der Waals surface area contributed by atoms with Crippen LogP contribution in [0.25, 0.3) is 10.8 Å². The molecule has 3 aromatic rings. The van der Waals surface area contributed by atoms with Gasteiger partial charge in [0.05, 0.1) is 6.61 Å². The van der Waals surface area contributed by atoms with Gasteiger partial charge in [-0.2, -0.15) is 0 Å². The van der Waals surface area contributed by atoms with Gasteiger partial charge in [-0.3, -0.25) is 4.21 Å². The Balaban J connectivity index is 1.49. The van der Waals surface area contributed by atoms with Gasteiger partial charge < -0.3 is 4.74 Å². The summed E-state index contributed by atoms with van der Waals surface area (Å²) in [5, 5.41) is 2.34. The highest BCUT2D eigenvalue weighted by molar-refractivity contribution is 7.84. The summed E-state index contributed by atoms with van der Waals surface area (Å²) in [6.45, 7) is 0.479. The molecule has 1 atom stereocenters. The number of halogens is 1. The lowest BCUT2D eigenvalue weighted by atomic mass is 10.1. The zero-order valence-electron chi connectivity index (χ0n) is 13.3. The lowest BCUT2D eigenvalue weighted by Gasteiger charge is -2.08. The van der Waals surface area contributed by atoms with Gasteiger partial charge in [0.2, 0.25) is 0 Å². The number of benzene rings is 3. The third kappa shape index (κ3) is 4.42. The normalized spacial score (nSPS) is 12.2. The van der Waals surface area contributed by atoms with Crippen LogP contribution in [0.4, 0.5) is 4.39 Å². The van der Waals surface area contributed by atoms with Crippen molar-refractivity contribution in [1.29, 1.82) is 0 Å². The van der Waals surface area contributed by atoms with Gasteiger partial charge in [0, 0.05) is 22.3 Å². The highest BCUT2D eigenvalue weighted by Gasteiger charge is 2.06. The molecular formula is C20H19FO2S. The molecule has 3 aromatic carbocycles. The first kappa shape index (κ1) is 16.7. The molecule has 0 aliphatic rings. The van der Waals surface area contributed by atoms with Gasteiger partial charge >= 0.3 is 0 Å². The quantitative estimate of drug-likeness (QED) is 0.582. The first-order chi connectivity index (χ1) is 11.7. The summed E-state index contributed by atoms with van der Waals surface area (Å²) in [5.74, 6) is 1.50. The first-order valence-electron chi connectivity index (χ1n) is 7.92. The van der Waals surface area contributed by atoms with E-state index >= 15 is 0 Å². The fraction of sp³-hybridized carbons (Fsp3) is 0.200. The molecule has 0 saturated carbocycles. The summed E-state index contributed by atoms with van der Waals surface area (Å²) in [5.41, 5.74) is 1.12. The molecule has 0 amide bonds. The van der Waals surface area contributed by atoms with Crippen molar-refractivity contribution < 1.29 is 13.3 Å². The van der Waals surface area contributed by atoms with Gasteiger partial charge in [-0.15, -0.1) is 0 Å². The fourth-order valence-electron chi connectivity index (χ4n) is 2.60. The average Bonchev–Trinajstić information content (AvgIpc) is 2.61. The second kappa shape index (κ2) is 8.06. The van der Waals surface area contributed by atoms with E-state index in [2.05, 4.69) is 18.2 Å². The maximum absolute atomic E-state index is 12.8. The molecule has 0 heterocycles. The molecule has 4 heteroatoms. The van der Waals surface area contributed by atoms with E-state index < -0.39 is 10.8 Å². The molecular weight excluding hydrogens is 323 g/mol. The smallest absolute Gasteiger partial charge is 0.123 e. The van der Waals surface area contributed by atoms with E-state index in [1.54, 1.807) is 12.1 Å². The van der Waals surface area contributed by atoms with Crippen LogP contribution >= 0.6 is 0 Å². The van der Waals surface area contributed by atoms with Gasteiger partial charge in [-0.1, -0.05) is 42.5 Å². The van der Waals surface area contributed by atoms with Crippen molar-refractivity contribution in [2.75, 3.05) is 12.4 Å². The van der Waals surface area contributed by atoms with Crippen LogP contribution < -0.4 is 4.74 Å². The molecule has 0 spiro atoms. The Kier molecular flexibility index (Phi) is 5.59. The van der Waals surface area contributed by atoms with Crippen molar-refractivity contribution in [2.45, 2.75) is 12.2 Å². The minimum atomic E-state index is -0.929. The molecule has 24 heavy (non-hydrogen) atoms. The molecule has 0 fully saturated rings. The van der Waals surface area contributed by atoms with Gasteiger partial charge in [0.1, 0.15) is 11.6 Å². The zero-order valence-corrected chi connectivity index (χ0v) is 14.1. The minimum absolute atomic E-state index is 0.279. The number of fused-ring (bicyclic) bond motifs is 1. The van der Waals surface area contributed by atoms with Crippen LogP contribution in [-0.2, 0) is 16.6 Å². The molecule has 0 aliphatic heterocycles. The SMILES string of the molecule is O=[S@@](CCCOc1ccc(F)cc1)Cc1cccc2ccccc12. The molecule has 3 rings (SSSR count). The Bertz CT molecular complexity index is 825. The largest absolute Gasteiger partial charge is 0.494 e. The number of rotatable bonds is 7. The molecule has 0 aromatic heterocycles. The maximum Gasteiger partial charge on any atom is 0.123 e. The van der Waals surface area contributed by atoms with E-state index in [9.17, 15) is 8.60 Å². The highest BCUT2D eigenvalue weighted by Crippen LogP contribution is 2.20. The van der Waals surface area contributed by atoms with Crippen LogP contribution in [0.5, 0.6) is 5.75 Å². The van der Waals surface area contributed by atoms with Crippen LogP contribution in [0.1, 0.15) is 12.0 Å². The van der Waals surface area contributed by atoms with Crippen molar-refractivity contribution in [3.63, 3.8) is 0 Å². The lowest BCUT2D eigenvalue weighted by Crippen LogP contribution is -2.06. The highest BCUT2D eigenvalue weighted by atomic mass is 32.2. The topological polar surface area (TPSA) is 26.3 Å². The Morgan fingerprint density at radius 1 is 0.917 bits per heavy atom. The van der Waals surface area contributed by atoms with E-state index in [0.29, 0.717) is 30.3 Å². The second-order valence-electron chi connectivity index (χ2n) is 5.58. The second-order valence-corrected chi connectivity index (χ2v) is 7.16. The van der Waals surface area contributed by atoms with Crippen molar-refractivity contribution in [2.24, 2.45) is 0 Å². The zero-order chi connectivity index (χ0) is 16.8. The third-order valence-corrected chi connectivity index (χ3v) is 5.17. The minimum Gasteiger partial charge on any atom is -0.494 e. The van der Waals surface area contributed by atoms with Crippen molar-refractivity contribution >= 4 is 21.6 Å². The summed E-state index contributed by atoms with van der Waals surface area (Å²) in [4.78, 5) is 0. The predicted molar refractivity (Wildman–Crippen MR) is 97.2 cm³/mol. The summed E-state index contributed by atoms with van der Waals surface area (Å²) >= 11 is 0. The van der Waals surface area contributed by atoms with Crippen LogP contribution in [-0.4, -0.2) is 16.6 Å². The van der Waals surface area contributed by atoms with E-state index in [4.69, 9.17) is 4.74 Å². The molecule has 0 N–H and O–H groups in total. The summed E-state index contributed by atoms with van der Waals surface area (Å²) in [6, 6.07) is 20.2. The maximum atomic E-state index is 12.8. The van der Waals surface area contributed by atoms with Crippen molar-refractivity contribution in [1.82, 2.24) is 0 Å². The molecule has 2 nitrogen and oxygen atoms in total. The van der Waals surface area contributed by atoms with Crippen LogP contribution in [0.15, 0.2) is 66.7 Å². The Hall–Kier alpha value is -2.20. The van der Waals surface area contributed by atoms with Gasteiger partial charge in [-0.05, 0) is 47.0 Å². The third-order valence-electron chi connectivity index (χ3n) is 3.80. The summed E-state index contributed by atoms with van der Waals surface area (Å²) in [6.07, 6.45) is 0.703. The molecule has 0 saturated heterocycles. The molecule has 0 radical (unpaired) electrons. The summed E-state index contributed by atoms with van der Waals surface area (Å²) in [7, 11) is -0.929. The standard InChI is InChI=1S/C20H19FO2S/c21-18-9-11-19(12-10-18)23-13-4-14-24(22)15-17-7-3-6-16-5-1-2-8-20(16)17/h1-3,5-12H,4,13-15H2/t24-/m0/s1. The number of hydrogen-bond acceptors (Lipinski definition) is 2. The van der Waals surface area contributed by atoms with Crippen LogP contribution in [0, 0.1) is 5.82 Å². The average molecular weight is 342 g/mol. The van der Waals surface area contributed by atoms with Gasteiger partial charge in [0.15, 0.2) is 0 Å². The van der Waals surface area contributed by atoms with Crippen molar-refractivity contribution in [3.05, 3.63) is 78.1 Å². The Morgan fingerprint density at radius 3 is 2.50 bits per heavy atom. The Morgan fingerprint density at radius 2 is 1.67 bits per heavy atom. The number of hydrogen-bond donors (Lipinski definition) is 0. The van der Waals surface area contributed by atoms with Crippen LogP contribution in [0.2, 0.25) is 0 Å². The van der Waals surface area contributed by atoms with Crippen LogP contribution in [0.3, 0.4) is 0 Å². The Labute approximate surface area is 143 Å². The molecule has 124 valence electrons. The van der Waals surface area contributed by atoms with E-state index in [0.717, 1.165) is 10.9 Å². The monoisotopic (exact) mass is 342 g/mol. The first-order valence-corrected chi connectivity index (χ1v) is 9.41. The van der Waals surface area contributed by atoms with E-state index in [1.165, 1.54) is 17.5 Å². The molecule has 0 aliphatic carbocycles. The molecule has 0 unspecified atom stereocenters. The number of ether oxygens (including phenoxy) is 1. The lowest BCUT2D eigenvalue weighted by molar-refractivity contribution is 0.318. The van der Waals surface area contributed by atoms with Crippen molar-refractivity contribution in [3.8, 4) is 5.75 Å².